The molecule has 2 heterocycles. The van der Waals surface area contributed by atoms with Crippen molar-refractivity contribution < 1.29 is 9.32 Å². The van der Waals surface area contributed by atoms with Gasteiger partial charge in [-0.2, -0.15) is 5.10 Å². The molecule has 0 bridgehead atoms. The van der Waals surface area contributed by atoms with E-state index in [-0.39, 0.29) is 22.6 Å². The van der Waals surface area contributed by atoms with E-state index in [1.165, 1.54) is 0 Å². The van der Waals surface area contributed by atoms with Crippen molar-refractivity contribution in [3.8, 4) is 0 Å². The van der Waals surface area contributed by atoms with Crippen LogP contribution in [0.5, 0.6) is 0 Å². The summed E-state index contributed by atoms with van der Waals surface area (Å²) in [5.41, 5.74) is 1.25. The van der Waals surface area contributed by atoms with Gasteiger partial charge in [0, 0.05) is 17.5 Å². The number of nitrogens with one attached hydrogen (secondary N) is 1. The molecule has 1 N–H and O–H groups in total. The molecule has 0 spiro atoms. The van der Waals surface area contributed by atoms with Crippen LogP contribution in [-0.2, 0) is 11.0 Å². The van der Waals surface area contributed by atoms with E-state index in [1.54, 1.807) is 13.0 Å². The van der Waals surface area contributed by atoms with Crippen molar-refractivity contribution in [1.29, 1.82) is 0 Å². The Labute approximate surface area is 130 Å². The first-order valence-corrected chi connectivity index (χ1v) is 7.34. The van der Waals surface area contributed by atoms with Crippen LogP contribution >= 0.6 is 0 Å². The first kappa shape index (κ1) is 16.3. The molecule has 1 amide bonds. The predicted octanol–water partition coefficient (Wildman–Crippen LogP) is 3.48. The molecular weight excluding hydrogens is 280 g/mol. The second kappa shape index (κ2) is 5.26. The molecule has 0 aliphatic carbocycles. The monoisotopic (exact) mass is 304 g/mol. The van der Waals surface area contributed by atoms with Crippen LogP contribution in [0.25, 0.3) is 0 Å². The predicted molar refractivity (Wildman–Crippen MR) is 85.1 cm³/mol. The van der Waals surface area contributed by atoms with Gasteiger partial charge in [-0.05, 0) is 27.7 Å². The molecule has 0 radical (unpaired) electrons. The van der Waals surface area contributed by atoms with E-state index in [2.05, 4.69) is 36.3 Å². The normalized spacial score (nSPS) is 12.5. The van der Waals surface area contributed by atoms with Gasteiger partial charge in [-0.1, -0.05) is 25.9 Å². The smallest absolute Gasteiger partial charge is 0.295 e. The molecule has 0 saturated carbocycles. The molecule has 0 aromatic carbocycles. The van der Waals surface area contributed by atoms with Gasteiger partial charge < -0.3 is 9.84 Å². The molecule has 0 unspecified atom stereocenters. The third-order valence-electron chi connectivity index (χ3n) is 3.21. The lowest BCUT2D eigenvalue weighted by molar-refractivity contribution is 0.0986. The van der Waals surface area contributed by atoms with Crippen molar-refractivity contribution in [3.63, 3.8) is 0 Å². The summed E-state index contributed by atoms with van der Waals surface area (Å²) in [5, 5.41) is 11.3. The first-order chi connectivity index (χ1) is 9.98. The third-order valence-corrected chi connectivity index (χ3v) is 3.21. The van der Waals surface area contributed by atoms with Crippen LogP contribution in [0.15, 0.2) is 16.7 Å². The summed E-state index contributed by atoms with van der Waals surface area (Å²) in [5.74, 6) is 0.513. The number of rotatable bonds is 2. The minimum atomic E-state index is -0.327. The maximum atomic E-state index is 12.3. The lowest BCUT2D eigenvalue weighted by atomic mass is 9.92. The van der Waals surface area contributed by atoms with Gasteiger partial charge in [0.25, 0.3) is 5.91 Å². The van der Waals surface area contributed by atoms with Gasteiger partial charge in [0.15, 0.2) is 0 Å². The molecule has 0 aliphatic heterocycles. The minimum absolute atomic E-state index is 0.0984. The number of carbonyl (C=O) groups is 1. The zero-order valence-electron chi connectivity index (χ0n) is 14.3. The zero-order valence-corrected chi connectivity index (χ0v) is 14.3. The van der Waals surface area contributed by atoms with Gasteiger partial charge in [-0.15, -0.1) is 0 Å². The molecule has 6 heteroatoms. The van der Waals surface area contributed by atoms with Crippen LogP contribution in [0, 0.1) is 6.92 Å². The average Bonchev–Trinajstić information content (AvgIpc) is 2.93. The molecule has 2 rings (SSSR count). The molecular formula is C16H24N4O2. The standard InChI is InChI=1S/C16H24N4O2/c1-10-8-11(22-19-10)14(21)17-13-9-12(15(2,3)4)18-20(13)16(5,6)7/h8-9H,1-7H3,(H,17,21). The lowest BCUT2D eigenvalue weighted by Crippen LogP contribution is -2.27. The van der Waals surface area contributed by atoms with Gasteiger partial charge >= 0.3 is 0 Å². The van der Waals surface area contributed by atoms with E-state index in [9.17, 15) is 4.79 Å². The van der Waals surface area contributed by atoms with Gasteiger partial charge in [-0.25, -0.2) is 4.68 Å². The quantitative estimate of drug-likeness (QED) is 0.921. The number of anilines is 1. The Hall–Kier alpha value is -2.11. The van der Waals surface area contributed by atoms with Gasteiger partial charge in [0.05, 0.1) is 16.9 Å². The van der Waals surface area contributed by atoms with Crippen LogP contribution in [0.4, 0.5) is 5.82 Å². The Kier molecular flexibility index (Phi) is 3.89. The number of aromatic nitrogens is 3. The first-order valence-electron chi connectivity index (χ1n) is 7.34. The van der Waals surface area contributed by atoms with Crippen molar-refractivity contribution in [1.82, 2.24) is 14.9 Å². The molecule has 0 atom stereocenters. The highest BCUT2D eigenvalue weighted by atomic mass is 16.5. The maximum Gasteiger partial charge on any atom is 0.295 e. The van der Waals surface area contributed by atoms with Gasteiger partial charge in [0.1, 0.15) is 5.82 Å². The molecule has 120 valence electrons. The largest absolute Gasteiger partial charge is 0.351 e. The summed E-state index contributed by atoms with van der Waals surface area (Å²) in [6.45, 7) is 14.2. The van der Waals surface area contributed by atoms with Crippen LogP contribution in [0.2, 0.25) is 0 Å². The minimum Gasteiger partial charge on any atom is -0.351 e. The Balaban J connectivity index is 2.37. The molecule has 0 saturated heterocycles. The van der Waals surface area contributed by atoms with Crippen molar-refractivity contribution in [3.05, 3.63) is 29.3 Å². The Morgan fingerprint density at radius 3 is 2.27 bits per heavy atom. The molecule has 2 aromatic heterocycles. The van der Waals surface area contributed by atoms with Crippen molar-refractivity contribution in [2.75, 3.05) is 5.32 Å². The summed E-state index contributed by atoms with van der Waals surface area (Å²) in [6.07, 6.45) is 0. The Morgan fingerprint density at radius 2 is 1.82 bits per heavy atom. The third kappa shape index (κ3) is 3.37. The fraction of sp³-hybridized carbons (Fsp3) is 0.562. The summed E-state index contributed by atoms with van der Waals surface area (Å²) in [4.78, 5) is 12.3. The molecule has 22 heavy (non-hydrogen) atoms. The van der Waals surface area contributed by atoms with Crippen molar-refractivity contribution in [2.24, 2.45) is 0 Å². The Morgan fingerprint density at radius 1 is 1.18 bits per heavy atom. The fourth-order valence-corrected chi connectivity index (χ4v) is 2.00. The van der Waals surface area contributed by atoms with E-state index < -0.39 is 0 Å². The average molecular weight is 304 g/mol. The highest BCUT2D eigenvalue weighted by molar-refractivity contribution is 6.01. The highest BCUT2D eigenvalue weighted by Gasteiger charge is 2.26. The van der Waals surface area contributed by atoms with Crippen LogP contribution in [-0.4, -0.2) is 20.8 Å². The van der Waals surface area contributed by atoms with Crippen molar-refractivity contribution >= 4 is 11.7 Å². The van der Waals surface area contributed by atoms with E-state index >= 15 is 0 Å². The maximum absolute atomic E-state index is 12.3. The zero-order chi connectivity index (χ0) is 16.7. The summed E-state index contributed by atoms with van der Waals surface area (Å²) in [7, 11) is 0. The molecule has 0 fully saturated rings. The Bertz CT molecular complexity index is 684. The second-order valence-corrected chi connectivity index (χ2v) is 7.53. The molecule has 2 aromatic rings. The lowest BCUT2D eigenvalue weighted by Gasteiger charge is -2.22. The van der Waals surface area contributed by atoms with Crippen molar-refractivity contribution in [2.45, 2.75) is 59.4 Å². The van der Waals surface area contributed by atoms with E-state index in [4.69, 9.17) is 4.52 Å². The molecule has 6 nitrogen and oxygen atoms in total. The second-order valence-electron chi connectivity index (χ2n) is 7.53. The van der Waals surface area contributed by atoms with E-state index in [0.29, 0.717) is 11.5 Å². The van der Waals surface area contributed by atoms with E-state index in [0.717, 1.165) is 5.69 Å². The number of hydrogen-bond donors (Lipinski definition) is 1. The van der Waals surface area contributed by atoms with Crippen LogP contribution < -0.4 is 5.32 Å². The summed E-state index contributed by atoms with van der Waals surface area (Å²) in [6, 6.07) is 3.52. The SMILES string of the molecule is Cc1cc(C(=O)Nc2cc(C(C)(C)C)nn2C(C)(C)C)on1. The van der Waals surface area contributed by atoms with Crippen LogP contribution in [0.3, 0.4) is 0 Å². The number of carbonyl (C=O) groups excluding carboxylic acids is 1. The molecule has 0 aliphatic rings. The van der Waals surface area contributed by atoms with Gasteiger partial charge in [0.2, 0.25) is 5.76 Å². The highest BCUT2D eigenvalue weighted by Crippen LogP contribution is 2.28. The van der Waals surface area contributed by atoms with Gasteiger partial charge in [-0.3, -0.25) is 4.79 Å². The van der Waals surface area contributed by atoms with Crippen LogP contribution in [0.1, 0.15) is 63.5 Å². The number of nitrogens with zero attached hydrogens (tertiary/aromatic N) is 3. The van der Waals surface area contributed by atoms with E-state index in [1.807, 2.05) is 31.5 Å². The topological polar surface area (TPSA) is 73.0 Å². The number of aryl methyl sites for hydroxylation is 1. The number of amides is 1. The summed E-state index contributed by atoms with van der Waals surface area (Å²) < 4.78 is 6.83. The number of hydrogen-bond acceptors (Lipinski definition) is 4. The summed E-state index contributed by atoms with van der Waals surface area (Å²) >= 11 is 0. The fourth-order valence-electron chi connectivity index (χ4n) is 2.00.